The zero-order chi connectivity index (χ0) is 23.0. The van der Waals surface area contributed by atoms with E-state index in [4.69, 9.17) is 11.6 Å². The maximum atomic E-state index is 13.5. The van der Waals surface area contributed by atoms with Crippen molar-refractivity contribution in [3.63, 3.8) is 0 Å². The quantitative estimate of drug-likeness (QED) is 0.502. The van der Waals surface area contributed by atoms with Crippen molar-refractivity contribution >= 4 is 34.7 Å². The van der Waals surface area contributed by atoms with E-state index in [0.29, 0.717) is 27.4 Å². The van der Waals surface area contributed by atoms with Gasteiger partial charge >= 0.3 is 0 Å². The van der Waals surface area contributed by atoms with Crippen LogP contribution in [0.1, 0.15) is 27.8 Å². The fourth-order valence-electron chi connectivity index (χ4n) is 3.82. The molecular weight excluding hydrogens is 427 g/mol. The van der Waals surface area contributed by atoms with Gasteiger partial charge in [-0.3, -0.25) is 14.5 Å². The van der Waals surface area contributed by atoms with Gasteiger partial charge in [0.15, 0.2) is 0 Å². The average molecular weight is 449 g/mol. The van der Waals surface area contributed by atoms with Gasteiger partial charge in [0.1, 0.15) is 11.5 Å². The highest BCUT2D eigenvalue weighted by Gasteiger charge is 2.39. The highest BCUT2D eigenvalue weighted by atomic mass is 35.5. The van der Waals surface area contributed by atoms with Crippen molar-refractivity contribution in [3.8, 4) is 0 Å². The second-order valence-electron chi connectivity index (χ2n) is 7.98. The molecule has 0 aliphatic carbocycles. The van der Waals surface area contributed by atoms with Gasteiger partial charge < -0.3 is 5.32 Å². The Morgan fingerprint density at radius 1 is 0.875 bits per heavy atom. The van der Waals surface area contributed by atoms with Gasteiger partial charge in [0.25, 0.3) is 11.8 Å². The molecule has 6 heteroatoms. The SMILES string of the molecule is Cc1ccc(C2=C(Nc3cc(Cl)ccc3C)C(=O)N(Cc3ccc(F)cc3)C2=O)c(C)c1. The van der Waals surface area contributed by atoms with Gasteiger partial charge in [0, 0.05) is 10.7 Å². The second-order valence-corrected chi connectivity index (χ2v) is 8.41. The number of anilines is 1. The Morgan fingerprint density at radius 2 is 1.59 bits per heavy atom. The molecule has 0 spiro atoms. The van der Waals surface area contributed by atoms with Crippen molar-refractivity contribution < 1.29 is 14.0 Å². The van der Waals surface area contributed by atoms with E-state index in [0.717, 1.165) is 16.7 Å². The van der Waals surface area contributed by atoms with Crippen molar-refractivity contribution in [2.24, 2.45) is 0 Å². The summed E-state index contributed by atoms with van der Waals surface area (Å²) in [7, 11) is 0. The van der Waals surface area contributed by atoms with Crippen LogP contribution in [0.4, 0.5) is 10.1 Å². The van der Waals surface area contributed by atoms with Gasteiger partial charge in [-0.1, -0.05) is 53.6 Å². The Bertz CT molecular complexity index is 1270. The molecule has 162 valence electrons. The molecule has 3 aromatic carbocycles. The molecule has 0 aromatic heterocycles. The van der Waals surface area contributed by atoms with Crippen molar-refractivity contribution in [2.75, 3.05) is 5.32 Å². The lowest BCUT2D eigenvalue weighted by molar-refractivity contribution is -0.137. The Kier molecular flexibility index (Phi) is 5.85. The standard InChI is InChI=1S/C26H22ClFN2O2/c1-15-4-11-21(17(3)12-15)23-24(29-22-13-19(27)8-5-16(22)2)26(32)30(25(23)31)14-18-6-9-20(28)10-7-18/h4-13,29H,14H2,1-3H3. The molecule has 2 amide bonds. The minimum Gasteiger partial charge on any atom is -0.350 e. The zero-order valence-electron chi connectivity index (χ0n) is 18.0. The van der Waals surface area contributed by atoms with Crippen molar-refractivity contribution in [1.82, 2.24) is 4.90 Å². The summed E-state index contributed by atoms with van der Waals surface area (Å²) in [5, 5.41) is 3.69. The second kappa shape index (κ2) is 8.60. The molecular formula is C26H22ClFN2O2. The zero-order valence-corrected chi connectivity index (χ0v) is 18.8. The van der Waals surface area contributed by atoms with Crippen LogP contribution >= 0.6 is 11.6 Å². The molecule has 0 fully saturated rings. The number of carbonyl (C=O) groups is 2. The lowest BCUT2D eigenvalue weighted by Gasteiger charge is -2.16. The number of nitrogens with one attached hydrogen (secondary N) is 1. The first-order valence-corrected chi connectivity index (χ1v) is 10.6. The molecule has 1 heterocycles. The summed E-state index contributed by atoms with van der Waals surface area (Å²) in [5.74, 6) is -1.21. The van der Waals surface area contributed by atoms with Crippen LogP contribution in [0.2, 0.25) is 5.02 Å². The van der Waals surface area contributed by atoms with Crippen LogP contribution in [-0.4, -0.2) is 16.7 Å². The van der Waals surface area contributed by atoms with Crippen LogP contribution in [0.25, 0.3) is 5.57 Å². The van der Waals surface area contributed by atoms with E-state index in [2.05, 4.69) is 5.32 Å². The van der Waals surface area contributed by atoms with Crippen molar-refractivity contribution in [1.29, 1.82) is 0 Å². The highest BCUT2D eigenvalue weighted by molar-refractivity contribution is 6.37. The molecule has 4 nitrogen and oxygen atoms in total. The minimum absolute atomic E-state index is 0.0477. The predicted octanol–water partition coefficient (Wildman–Crippen LogP) is 5.80. The number of rotatable bonds is 5. The van der Waals surface area contributed by atoms with E-state index in [9.17, 15) is 14.0 Å². The first-order chi connectivity index (χ1) is 15.2. The maximum Gasteiger partial charge on any atom is 0.278 e. The van der Waals surface area contributed by atoms with Crippen LogP contribution in [0.5, 0.6) is 0 Å². The Balaban J connectivity index is 1.80. The molecule has 0 saturated heterocycles. The number of hydrogen-bond donors (Lipinski definition) is 1. The monoisotopic (exact) mass is 448 g/mol. The van der Waals surface area contributed by atoms with Crippen LogP contribution in [0.15, 0.2) is 66.4 Å². The fourth-order valence-corrected chi connectivity index (χ4v) is 3.99. The van der Waals surface area contributed by atoms with E-state index in [1.165, 1.54) is 17.0 Å². The number of amides is 2. The number of nitrogens with zero attached hydrogens (tertiary/aromatic N) is 1. The molecule has 1 aliphatic rings. The highest BCUT2D eigenvalue weighted by Crippen LogP contribution is 2.34. The Morgan fingerprint density at radius 3 is 2.28 bits per heavy atom. The largest absolute Gasteiger partial charge is 0.350 e. The number of halogens is 2. The Hall–Kier alpha value is -3.44. The van der Waals surface area contributed by atoms with E-state index < -0.39 is 11.8 Å². The molecule has 0 atom stereocenters. The van der Waals surface area contributed by atoms with Crippen LogP contribution in [-0.2, 0) is 16.1 Å². The number of imide groups is 1. The lowest BCUT2D eigenvalue weighted by atomic mass is 9.97. The topological polar surface area (TPSA) is 49.4 Å². The van der Waals surface area contributed by atoms with E-state index >= 15 is 0 Å². The Labute approximate surface area is 191 Å². The van der Waals surface area contributed by atoms with Gasteiger partial charge in [-0.2, -0.15) is 0 Å². The normalized spacial score (nSPS) is 13.8. The van der Waals surface area contributed by atoms with Crippen LogP contribution in [0.3, 0.4) is 0 Å². The summed E-state index contributed by atoms with van der Waals surface area (Å²) in [5.41, 5.74) is 5.37. The van der Waals surface area contributed by atoms with Gasteiger partial charge in [0.2, 0.25) is 0 Å². The van der Waals surface area contributed by atoms with E-state index in [1.807, 2.05) is 45.0 Å². The number of aryl methyl sites for hydroxylation is 3. The molecule has 4 rings (SSSR count). The predicted molar refractivity (Wildman–Crippen MR) is 125 cm³/mol. The van der Waals surface area contributed by atoms with Gasteiger partial charge in [0.05, 0.1) is 12.1 Å². The van der Waals surface area contributed by atoms with Crippen molar-refractivity contribution in [2.45, 2.75) is 27.3 Å². The molecule has 1 N–H and O–H groups in total. The molecule has 32 heavy (non-hydrogen) atoms. The number of hydrogen-bond acceptors (Lipinski definition) is 3. The van der Waals surface area contributed by atoms with Crippen LogP contribution < -0.4 is 5.32 Å². The summed E-state index contributed by atoms with van der Waals surface area (Å²) >= 11 is 6.16. The molecule has 0 unspecified atom stereocenters. The summed E-state index contributed by atoms with van der Waals surface area (Å²) in [6, 6.07) is 16.9. The third kappa shape index (κ3) is 4.16. The van der Waals surface area contributed by atoms with E-state index in [1.54, 1.807) is 24.3 Å². The fraction of sp³-hybridized carbons (Fsp3) is 0.154. The smallest absolute Gasteiger partial charge is 0.278 e. The van der Waals surface area contributed by atoms with Gasteiger partial charge in [-0.15, -0.1) is 0 Å². The summed E-state index contributed by atoms with van der Waals surface area (Å²) in [6.45, 7) is 5.83. The maximum absolute atomic E-state index is 13.5. The summed E-state index contributed by atoms with van der Waals surface area (Å²) < 4.78 is 13.3. The van der Waals surface area contributed by atoms with E-state index in [-0.39, 0.29) is 18.1 Å². The van der Waals surface area contributed by atoms with Gasteiger partial charge in [-0.25, -0.2) is 4.39 Å². The van der Waals surface area contributed by atoms with Gasteiger partial charge in [-0.05, 0) is 67.3 Å². The minimum atomic E-state index is -0.436. The third-order valence-electron chi connectivity index (χ3n) is 5.53. The third-order valence-corrected chi connectivity index (χ3v) is 5.77. The average Bonchev–Trinajstić information content (AvgIpc) is 2.97. The molecule has 3 aromatic rings. The summed E-state index contributed by atoms with van der Waals surface area (Å²) in [6.07, 6.45) is 0. The molecule has 1 aliphatic heterocycles. The number of benzene rings is 3. The summed E-state index contributed by atoms with van der Waals surface area (Å²) in [4.78, 5) is 28.1. The van der Waals surface area contributed by atoms with Crippen molar-refractivity contribution in [3.05, 3.63) is 105 Å². The first kappa shape index (κ1) is 21.8. The molecule has 0 bridgehead atoms. The lowest BCUT2D eigenvalue weighted by Crippen LogP contribution is -2.32. The molecule has 0 radical (unpaired) electrons. The molecule has 0 saturated carbocycles. The number of carbonyl (C=O) groups excluding carboxylic acids is 2. The van der Waals surface area contributed by atoms with Crippen LogP contribution in [0, 0.1) is 26.6 Å². The first-order valence-electron chi connectivity index (χ1n) is 10.2.